The van der Waals surface area contributed by atoms with Gasteiger partial charge in [0.25, 0.3) is 0 Å². The second-order valence-electron chi connectivity index (χ2n) is 5.47. The molecule has 0 radical (unpaired) electrons. The van der Waals surface area contributed by atoms with Crippen LogP contribution < -0.4 is 10.5 Å². The van der Waals surface area contributed by atoms with Crippen molar-refractivity contribution in [3.05, 3.63) is 29.8 Å². The molecule has 1 aromatic rings. The number of nitrogens with two attached hydrogens (primary N) is 1. The van der Waals surface area contributed by atoms with Crippen LogP contribution in [0, 0.1) is 0 Å². The van der Waals surface area contributed by atoms with Crippen LogP contribution in [0.15, 0.2) is 29.2 Å². The molecular formula is C14H23N3O2S. The quantitative estimate of drug-likeness (QED) is 0.789. The maximum atomic E-state index is 12.2. The summed E-state index contributed by atoms with van der Waals surface area (Å²) in [5.74, 6) is 0. The maximum absolute atomic E-state index is 12.2. The van der Waals surface area contributed by atoms with E-state index in [1.165, 1.54) is 12.8 Å². The minimum atomic E-state index is -3.45. The smallest absolute Gasteiger partial charge is 0.240 e. The molecule has 0 aliphatic heterocycles. The third-order valence-electron chi connectivity index (χ3n) is 3.62. The maximum Gasteiger partial charge on any atom is 0.240 e. The first-order valence-electron chi connectivity index (χ1n) is 6.95. The van der Waals surface area contributed by atoms with E-state index in [4.69, 9.17) is 5.73 Å². The van der Waals surface area contributed by atoms with E-state index in [0.717, 1.165) is 12.1 Å². The molecule has 112 valence electrons. The standard InChI is InChI=1S/C14H23N3O2S/c1-11(15)12-4-3-5-14(10-12)20(18,19)16-8-9-17(2)13-6-7-13/h3-5,10-11,13,16H,6-9,15H2,1-2H3. The van der Waals surface area contributed by atoms with E-state index in [1.807, 2.05) is 20.0 Å². The summed E-state index contributed by atoms with van der Waals surface area (Å²) in [7, 11) is -1.42. The fourth-order valence-electron chi connectivity index (χ4n) is 2.10. The lowest BCUT2D eigenvalue weighted by Gasteiger charge is -2.16. The molecule has 1 unspecified atom stereocenters. The number of likely N-dealkylation sites (N-methyl/N-ethyl adjacent to an activating group) is 1. The minimum absolute atomic E-state index is 0.175. The zero-order valence-electron chi connectivity index (χ0n) is 12.0. The number of nitrogens with zero attached hydrogens (tertiary/aromatic N) is 1. The minimum Gasteiger partial charge on any atom is -0.324 e. The van der Waals surface area contributed by atoms with Crippen molar-refractivity contribution in [2.45, 2.75) is 36.7 Å². The molecule has 0 amide bonds. The summed E-state index contributed by atoms with van der Waals surface area (Å²) >= 11 is 0. The van der Waals surface area contributed by atoms with Crippen molar-refractivity contribution in [1.29, 1.82) is 0 Å². The van der Waals surface area contributed by atoms with Crippen LogP contribution in [0.4, 0.5) is 0 Å². The number of hydrogen-bond donors (Lipinski definition) is 2. The van der Waals surface area contributed by atoms with Gasteiger partial charge in [-0.1, -0.05) is 12.1 Å². The number of benzene rings is 1. The van der Waals surface area contributed by atoms with Gasteiger partial charge in [-0.05, 0) is 44.5 Å². The summed E-state index contributed by atoms with van der Waals surface area (Å²) in [4.78, 5) is 2.47. The second-order valence-corrected chi connectivity index (χ2v) is 7.24. The average Bonchev–Trinajstić information content (AvgIpc) is 3.23. The highest BCUT2D eigenvalue weighted by Crippen LogP contribution is 2.24. The summed E-state index contributed by atoms with van der Waals surface area (Å²) in [6, 6.07) is 7.26. The zero-order chi connectivity index (χ0) is 14.8. The van der Waals surface area contributed by atoms with Gasteiger partial charge in [-0.2, -0.15) is 0 Å². The van der Waals surface area contributed by atoms with Crippen molar-refractivity contribution < 1.29 is 8.42 Å². The molecule has 1 saturated carbocycles. The van der Waals surface area contributed by atoms with Crippen LogP contribution in [0.5, 0.6) is 0 Å². The molecule has 1 aliphatic carbocycles. The Bertz CT molecular complexity index is 553. The Balaban J connectivity index is 1.96. The Kier molecular flexibility index (Phi) is 4.80. The summed E-state index contributed by atoms with van der Waals surface area (Å²) in [6.07, 6.45) is 2.44. The van der Waals surface area contributed by atoms with Crippen LogP contribution in [-0.4, -0.2) is 39.5 Å². The summed E-state index contributed by atoms with van der Waals surface area (Å²) in [5.41, 5.74) is 6.61. The molecule has 1 aromatic carbocycles. The molecule has 0 spiro atoms. The van der Waals surface area contributed by atoms with Crippen molar-refractivity contribution in [2.24, 2.45) is 5.73 Å². The van der Waals surface area contributed by atoms with Gasteiger partial charge in [-0.25, -0.2) is 13.1 Å². The van der Waals surface area contributed by atoms with E-state index < -0.39 is 10.0 Å². The van der Waals surface area contributed by atoms with Crippen LogP contribution >= 0.6 is 0 Å². The molecule has 0 aromatic heterocycles. The summed E-state index contributed by atoms with van der Waals surface area (Å²) in [6.45, 7) is 3.00. The molecule has 1 aliphatic rings. The Morgan fingerprint density at radius 2 is 2.15 bits per heavy atom. The van der Waals surface area contributed by atoms with Crippen molar-refractivity contribution in [3.63, 3.8) is 0 Å². The van der Waals surface area contributed by atoms with E-state index in [9.17, 15) is 8.42 Å². The Morgan fingerprint density at radius 1 is 1.45 bits per heavy atom. The van der Waals surface area contributed by atoms with Gasteiger partial charge < -0.3 is 10.6 Å². The highest BCUT2D eigenvalue weighted by molar-refractivity contribution is 7.89. The lowest BCUT2D eigenvalue weighted by Crippen LogP contribution is -2.34. The van der Waals surface area contributed by atoms with Gasteiger partial charge in [0.15, 0.2) is 0 Å². The van der Waals surface area contributed by atoms with Crippen molar-refractivity contribution in [1.82, 2.24) is 9.62 Å². The average molecular weight is 297 g/mol. The summed E-state index contributed by atoms with van der Waals surface area (Å²) < 4.78 is 27.1. The van der Waals surface area contributed by atoms with Gasteiger partial charge in [-0.3, -0.25) is 0 Å². The number of hydrogen-bond acceptors (Lipinski definition) is 4. The number of nitrogens with one attached hydrogen (secondary N) is 1. The summed E-state index contributed by atoms with van der Waals surface area (Å²) in [5, 5.41) is 0. The molecule has 5 nitrogen and oxygen atoms in total. The molecule has 2 rings (SSSR count). The van der Waals surface area contributed by atoms with E-state index in [-0.39, 0.29) is 10.9 Å². The van der Waals surface area contributed by atoms with Gasteiger partial charge >= 0.3 is 0 Å². The monoisotopic (exact) mass is 297 g/mol. The zero-order valence-corrected chi connectivity index (χ0v) is 12.9. The Morgan fingerprint density at radius 3 is 2.75 bits per heavy atom. The highest BCUT2D eigenvalue weighted by atomic mass is 32.2. The van der Waals surface area contributed by atoms with Gasteiger partial charge in [-0.15, -0.1) is 0 Å². The van der Waals surface area contributed by atoms with E-state index >= 15 is 0 Å². The second kappa shape index (κ2) is 6.22. The SMILES string of the molecule is CC(N)c1cccc(S(=O)(=O)NCCN(C)C2CC2)c1. The lowest BCUT2D eigenvalue weighted by atomic mass is 10.1. The third kappa shape index (κ3) is 4.02. The predicted molar refractivity (Wildman–Crippen MR) is 79.9 cm³/mol. The molecule has 1 fully saturated rings. The normalized spacial score (nSPS) is 17.4. The molecule has 0 bridgehead atoms. The molecule has 0 saturated heterocycles. The molecule has 1 atom stereocenters. The van der Waals surface area contributed by atoms with E-state index in [1.54, 1.807) is 18.2 Å². The number of sulfonamides is 1. The van der Waals surface area contributed by atoms with Crippen LogP contribution in [0.2, 0.25) is 0 Å². The van der Waals surface area contributed by atoms with Crippen LogP contribution in [-0.2, 0) is 10.0 Å². The molecule has 6 heteroatoms. The third-order valence-corrected chi connectivity index (χ3v) is 5.08. The molecule has 3 N–H and O–H groups in total. The largest absolute Gasteiger partial charge is 0.324 e. The van der Waals surface area contributed by atoms with Crippen molar-refractivity contribution in [2.75, 3.05) is 20.1 Å². The fraction of sp³-hybridized carbons (Fsp3) is 0.571. The first-order chi connectivity index (χ1) is 9.40. The Labute approximate surface area is 121 Å². The molecule has 0 heterocycles. The van der Waals surface area contributed by atoms with Crippen LogP contribution in [0.25, 0.3) is 0 Å². The lowest BCUT2D eigenvalue weighted by molar-refractivity contribution is 0.329. The van der Waals surface area contributed by atoms with E-state index in [2.05, 4.69) is 9.62 Å². The van der Waals surface area contributed by atoms with Gasteiger partial charge in [0.1, 0.15) is 0 Å². The Hall–Kier alpha value is -0.950. The van der Waals surface area contributed by atoms with Gasteiger partial charge in [0.05, 0.1) is 4.90 Å². The molecular weight excluding hydrogens is 274 g/mol. The van der Waals surface area contributed by atoms with Crippen LogP contribution in [0.1, 0.15) is 31.4 Å². The first kappa shape index (κ1) is 15.4. The van der Waals surface area contributed by atoms with Crippen molar-refractivity contribution >= 4 is 10.0 Å². The van der Waals surface area contributed by atoms with Gasteiger partial charge in [0.2, 0.25) is 10.0 Å². The van der Waals surface area contributed by atoms with Crippen LogP contribution in [0.3, 0.4) is 0 Å². The fourth-order valence-corrected chi connectivity index (χ4v) is 3.18. The van der Waals surface area contributed by atoms with Crippen molar-refractivity contribution in [3.8, 4) is 0 Å². The highest BCUT2D eigenvalue weighted by Gasteiger charge is 2.25. The number of rotatable bonds is 7. The first-order valence-corrected chi connectivity index (χ1v) is 8.44. The van der Waals surface area contributed by atoms with E-state index in [0.29, 0.717) is 12.6 Å². The molecule has 20 heavy (non-hydrogen) atoms. The van der Waals surface area contributed by atoms with Gasteiger partial charge in [0, 0.05) is 25.2 Å². The predicted octanol–water partition coefficient (Wildman–Crippen LogP) is 1.08. The topological polar surface area (TPSA) is 75.4 Å².